The largest absolute Gasteiger partial charge is 0.470 e. The predicted molar refractivity (Wildman–Crippen MR) is 87.9 cm³/mol. The number of likely N-dealkylation sites (tertiary alicyclic amines) is 1. The second-order valence-electron chi connectivity index (χ2n) is 6.41. The number of amides is 1. The van der Waals surface area contributed by atoms with Crippen molar-refractivity contribution in [1.82, 2.24) is 15.1 Å². The van der Waals surface area contributed by atoms with Crippen molar-refractivity contribution < 1.29 is 27.2 Å². The average molecular weight is 381 g/mol. The van der Waals surface area contributed by atoms with Gasteiger partial charge in [0.05, 0.1) is 5.92 Å². The number of piperidine rings is 1. The molecular weight excluding hydrogens is 363 g/mol. The van der Waals surface area contributed by atoms with E-state index in [2.05, 4.69) is 10.2 Å². The highest BCUT2D eigenvalue weighted by Crippen LogP contribution is 2.32. The molecule has 0 radical (unpaired) electrons. The zero-order valence-corrected chi connectivity index (χ0v) is 14.4. The van der Waals surface area contributed by atoms with E-state index in [1.54, 1.807) is 35.2 Å². The van der Waals surface area contributed by atoms with E-state index in [0.29, 0.717) is 24.9 Å². The number of hydrogen-bond acceptors (Lipinski definition) is 5. The minimum absolute atomic E-state index is 0.0537. The number of Topliss-reactive ketones (excluding diaryl/α,β-unsaturated/α-hetero) is 1. The van der Waals surface area contributed by atoms with Crippen LogP contribution in [0.3, 0.4) is 0 Å². The molecule has 1 aromatic heterocycles. The molecule has 1 saturated heterocycles. The average Bonchev–Trinajstić information content (AvgIpc) is 3.17. The molecule has 0 N–H and O–H groups in total. The number of rotatable bonds is 5. The standard InChI is InChI=1S/C18H18F3N3O3/c19-18(20,21)17-23-22-16(27-17)13-7-4-10-24(11-13)15(26)9-8-14(25)12-5-2-1-3-6-12/h1-3,5-6,13H,4,7-11H2. The zero-order chi connectivity index (χ0) is 19.4. The van der Waals surface area contributed by atoms with Gasteiger partial charge in [-0.2, -0.15) is 13.2 Å². The van der Waals surface area contributed by atoms with Crippen molar-refractivity contribution in [2.45, 2.75) is 37.8 Å². The Morgan fingerprint density at radius 2 is 1.89 bits per heavy atom. The molecule has 2 aromatic rings. The summed E-state index contributed by atoms with van der Waals surface area (Å²) in [6, 6.07) is 8.69. The van der Waals surface area contributed by atoms with Gasteiger partial charge in [-0.05, 0) is 12.8 Å². The van der Waals surface area contributed by atoms with Gasteiger partial charge >= 0.3 is 12.1 Å². The summed E-state index contributed by atoms with van der Waals surface area (Å²) < 4.78 is 42.5. The Balaban J connectivity index is 1.56. The molecule has 2 heterocycles. The quantitative estimate of drug-likeness (QED) is 0.742. The maximum Gasteiger partial charge on any atom is 0.470 e. The first-order valence-electron chi connectivity index (χ1n) is 8.61. The first-order valence-corrected chi connectivity index (χ1v) is 8.61. The van der Waals surface area contributed by atoms with Crippen molar-refractivity contribution in [3.63, 3.8) is 0 Å². The van der Waals surface area contributed by atoms with E-state index >= 15 is 0 Å². The van der Waals surface area contributed by atoms with Crippen molar-refractivity contribution in [3.05, 3.63) is 47.7 Å². The summed E-state index contributed by atoms with van der Waals surface area (Å²) in [6.45, 7) is 0.701. The Labute approximate surface area is 153 Å². The van der Waals surface area contributed by atoms with E-state index in [9.17, 15) is 22.8 Å². The normalized spacial score (nSPS) is 17.7. The fourth-order valence-electron chi connectivity index (χ4n) is 3.07. The number of benzene rings is 1. The van der Waals surface area contributed by atoms with Gasteiger partial charge in [-0.3, -0.25) is 9.59 Å². The van der Waals surface area contributed by atoms with Gasteiger partial charge in [0.15, 0.2) is 5.78 Å². The van der Waals surface area contributed by atoms with Crippen LogP contribution in [0.5, 0.6) is 0 Å². The van der Waals surface area contributed by atoms with Gasteiger partial charge in [-0.15, -0.1) is 10.2 Å². The number of aromatic nitrogens is 2. The second-order valence-corrected chi connectivity index (χ2v) is 6.41. The van der Waals surface area contributed by atoms with Gasteiger partial charge in [0.2, 0.25) is 11.8 Å². The Bertz CT molecular complexity index is 805. The minimum Gasteiger partial charge on any atom is -0.417 e. The lowest BCUT2D eigenvalue weighted by molar-refractivity contribution is -0.157. The van der Waals surface area contributed by atoms with Crippen LogP contribution in [0.2, 0.25) is 0 Å². The highest BCUT2D eigenvalue weighted by Gasteiger charge is 2.39. The van der Waals surface area contributed by atoms with Gasteiger partial charge in [-0.1, -0.05) is 30.3 Å². The molecular formula is C18H18F3N3O3. The third kappa shape index (κ3) is 4.72. The van der Waals surface area contributed by atoms with E-state index in [4.69, 9.17) is 4.42 Å². The lowest BCUT2D eigenvalue weighted by Crippen LogP contribution is -2.39. The van der Waals surface area contributed by atoms with Gasteiger partial charge in [0.1, 0.15) is 0 Å². The third-order valence-electron chi connectivity index (χ3n) is 4.47. The molecule has 1 atom stereocenters. The number of nitrogens with zero attached hydrogens (tertiary/aromatic N) is 3. The molecule has 9 heteroatoms. The van der Waals surface area contributed by atoms with Crippen molar-refractivity contribution in [2.24, 2.45) is 0 Å². The van der Waals surface area contributed by atoms with Gasteiger partial charge in [0, 0.05) is 31.5 Å². The molecule has 144 valence electrons. The molecule has 27 heavy (non-hydrogen) atoms. The molecule has 1 aliphatic rings. The topological polar surface area (TPSA) is 76.3 Å². The summed E-state index contributed by atoms with van der Waals surface area (Å²) >= 11 is 0. The van der Waals surface area contributed by atoms with E-state index in [1.165, 1.54) is 0 Å². The van der Waals surface area contributed by atoms with Gasteiger partial charge in [0.25, 0.3) is 0 Å². The van der Waals surface area contributed by atoms with Crippen molar-refractivity contribution >= 4 is 11.7 Å². The SMILES string of the molecule is O=C(CCC(=O)N1CCCC(c2nnc(C(F)(F)F)o2)C1)c1ccccc1. The van der Waals surface area contributed by atoms with E-state index < -0.39 is 18.0 Å². The lowest BCUT2D eigenvalue weighted by Gasteiger charge is -2.31. The summed E-state index contributed by atoms with van der Waals surface area (Å²) in [7, 11) is 0. The summed E-state index contributed by atoms with van der Waals surface area (Å²) in [5, 5.41) is 6.52. The zero-order valence-electron chi connectivity index (χ0n) is 14.4. The molecule has 0 aliphatic carbocycles. The summed E-state index contributed by atoms with van der Waals surface area (Å²) in [6.07, 6.45) is -3.37. The summed E-state index contributed by atoms with van der Waals surface area (Å²) in [5.74, 6) is -2.26. The van der Waals surface area contributed by atoms with Crippen LogP contribution >= 0.6 is 0 Å². The van der Waals surface area contributed by atoms with E-state index in [-0.39, 0.29) is 37.0 Å². The number of hydrogen-bond donors (Lipinski definition) is 0. The van der Waals surface area contributed by atoms with Crippen LogP contribution in [0.1, 0.15) is 53.7 Å². The number of halogens is 3. The second kappa shape index (κ2) is 7.89. The molecule has 1 aliphatic heterocycles. The van der Waals surface area contributed by atoms with Gasteiger partial charge < -0.3 is 9.32 Å². The Morgan fingerprint density at radius 3 is 2.56 bits per heavy atom. The summed E-state index contributed by atoms with van der Waals surface area (Å²) in [5.41, 5.74) is 0.548. The first kappa shape index (κ1) is 19.1. The molecule has 0 saturated carbocycles. The van der Waals surface area contributed by atoms with Crippen molar-refractivity contribution in [3.8, 4) is 0 Å². The Hall–Kier alpha value is -2.71. The van der Waals surface area contributed by atoms with Gasteiger partial charge in [-0.25, -0.2) is 0 Å². The van der Waals surface area contributed by atoms with E-state index in [1.807, 2.05) is 0 Å². The molecule has 6 nitrogen and oxygen atoms in total. The highest BCUT2D eigenvalue weighted by molar-refractivity contribution is 5.97. The molecule has 0 bridgehead atoms. The third-order valence-corrected chi connectivity index (χ3v) is 4.47. The number of carbonyl (C=O) groups is 2. The fraction of sp³-hybridized carbons (Fsp3) is 0.444. The van der Waals surface area contributed by atoms with Crippen molar-refractivity contribution in [2.75, 3.05) is 13.1 Å². The minimum atomic E-state index is -4.69. The number of alkyl halides is 3. The molecule has 3 rings (SSSR count). The van der Waals surface area contributed by atoms with E-state index in [0.717, 1.165) is 0 Å². The van der Waals surface area contributed by atoms with Crippen LogP contribution in [-0.2, 0) is 11.0 Å². The molecule has 1 aromatic carbocycles. The Morgan fingerprint density at radius 1 is 1.15 bits per heavy atom. The van der Waals surface area contributed by atoms with Crippen LogP contribution in [0.25, 0.3) is 0 Å². The van der Waals surface area contributed by atoms with Crippen LogP contribution in [-0.4, -0.2) is 39.9 Å². The smallest absolute Gasteiger partial charge is 0.417 e. The molecule has 0 spiro atoms. The first-order chi connectivity index (χ1) is 12.8. The maximum atomic E-state index is 12.6. The maximum absolute atomic E-state index is 12.6. The Kier molecular flexibility index (Phi) is 5.57. The van der Waals surface area contributed by atoms with Crippen LogP contribution in [0.15, 0.2) is 34.7 Å². The van der Waals surface area contributed by atoms with Crippen molar-refractivity contribution in [1.29, 1.82) is 0 Å². The molecule has 1 amide bonds. The molecule has 1 unspecified atom stereocenters. The monoisotopic (exact) mass is 381 g/mol. The molecule has 1 fully saturated rings. The lowest BCUT2D eigenvalue weighted by atomic mass is 9.97. The van der Waals surface area contributed by atoms with Crippen LogP contribution in [0.4, 0.5) is 13.2 Å². The number of carbonyl (C=O) groups excluding carboxylic acids is 2. The highest BCUT2D eigenvalue weighted by atomic mass is 19.4. The van der Waals surface area contributed by atoms with Crippen LogP contribution < -0.4 is 0 Å². The predicted octanol–water partition coefficient (Wildman–Crippen LogP) is 3.46. The number of ketones is 1. The summed E-state index contributed by atoms with van der Waals surface area (Å²) in [4.78, 5) is 26.1. The van der Waals surface area contributed by atoms with Crippen LogP contribution in [0, 0.1) is 0 Å². The fourth-order valence-corrected chi connectivity index (χ4v) is 3.07.